The first kappa shape index (κ1) is 17.7. The molecule has 2 N–H and O–H groups in total. The molecule has 2 heterocycles. The molecule has 0 saturated carbocycles. The Morgan fingerprint density at radius 1 is 1.35 bits per heavy atom. The van der Waals surface area contributed by atoms with Crippen molar-refractivity contribution in [3.8, 4) is 11.5 Å². The number of nitrogens with zero attached hydrogens (tertiary/aromatic N) is 4. The van der Waals surface area contributed by atoms with E-state index in [1.54, 1.807) is 19.1 Å². The van der Waals surface area contributed by atoms with E-state index in [0.29, 0.717) is 29.4 Å². The van der Waals surface area contributed by atoms with E-state index in [1.807, 2.05) is 0 Å². The number of esters is 1. The van der Waals surface area contributed by atoms with Gasteiger partial charge in [0.15, 0.2) is 11.5 Å². The summed E-state index contributed by atoms with van der Waals surface area (Å²) in [5.41, 5.74) is 1.59. The average Bonchev–Trinajstić information content (AvgIpc) is 3.09. The summed E-state index contributed by atoms with van der Waals surface area (Å²) >= 11 is 0. The molecule has 0 radical (unpaired) electrons. The molecule has 0 fully saturated rings. The van der Waals surface area contributed by atoms with Crippen molar-refractivity contribution in [2.45, 2.75) is 13.0 Å². The first-order chi connectivity index (χ1) is 12.6. The van der Waals surface area contributed by atoms with Crippen molar-refractivity contribution in [2.24, 2.45) is 0 Å². The number of tetrazole rings is 1. The maximum Gasteiger partial charge on any atom is 0.338 e. The molecule has 138 valence electrons. The lowest BCUT2D eigenvalue weighted by Crippen LogP contribution is -2.30. The second-order valence-corrected chi connectivity index (χ2v) is 5.57. The van der Waals surface area contributed by atoms with E-state index in [1.165, 1.54) is 25.0 Å². The van der Waals surface area contributed by atoms with Gasteiger partial charge in [-0.05, 0) is 35.0 Å². The largest absolute Gasteiger partial charge is 0.504 e. The number of hydrogen-bond acceptors (Lipinski definition) is 9. The van der Waals surface area contributed by atoms with Crippen LogP contribution in [0.2, 0.25) is 0 Å². The van der Waals surface area contributed by atoms with E-state index in [0.717, 1.165) is 0 Å². The third-order valence-corrected chi connectivity index (χ3v) is 3.97. The number of ether oxygens (including phenoxy) is 3. The number of benzene rings is 1. The molecule has 0 spiro atoms. The van der Waals surface area contributed by atoms with E-state index in [-0.39, 0.29) is 18.1 Å². The average molecular weight is 361 g/mol. The molecule has 1 atom stereocenters. The highest BCUT2D eigenvalue weighted by atomic mass is 16.6. The Morgan fingerprint density at radius 3 is 2.88 bits per heavy atom. The second-order valence-electron chi connectivity index (χ2n) is 5.57. The van der Waals surface area contributed by atoms with Crippen LogP contribution in [0, 0.1) is 0 Å². The lowest BCUT2D eigenvalue weighted by molar-refractivity contribution is -0.140. The highest BCUT2D eigenvalue weighted by Crippen LogP contribution is 2.38. The molecule has 1 aliphatic rings. The molecule has 10 heteroatoms. The van der Waals surface area contributed by atoms with Gasteiger partial charge in [0.25, 0.3) is 0 Å². The number of carbonyl (C=O) groups excluding carboxylic acids is 1. The zero-order chi connectivity index (χ0) is 18.7. The van der Waals surface area contributed by atoms with Crippen molar-refractivity contribution in [1.29, 1.82) is 0 Å². The molecule has 1 aromatic heterocycles. The molecular formula is C16H19N5O5. The maximum absolute atomic E-state index is 12.7. The molecule has 10 nitrogen and oxygen atoms in total. The van der Waals surface area contributed by atoms with Gasteiger partial charge in [-0.1, -0.05) is 11.2 Å². The monoisotopic (exact) mass is 361 g/mol. The Labute approximate surface area is 149 Å². The first-order valence-electron chi connectivity index (χ1n) is 7.85. The molecule has 0 bridgehead atoms. The molecule has 3 rings (SSSR count). The van der Waals surface area contributed by atoms with Gasteiger partial charge in [0, 0.05) is 12.8 Å². The number of fused-ring (bicyclic) bond motifs is 1. The summed E-state index contributed by atoms with van der Waals surface area (Å²) in [6.45, 7) is 2.16. The van der Waals surface area contributed by atoms with Gasteiger partial charge in [-0.3, -0.25) is 0 Å². The zero-order valence-corrected chi connectivity index (χ0v) is 14.6. The number of phenols is 1. The van der Waals surface area contributed by atoms with E-state index in [2.05, 4.69) is 20.8 Å². The minimum Gasteiger partial charge on any atom is -0.504 e. The normalized spacial score (nSPS) is 16.0. The van der Waals surface area contributed by atoms with Gasteiger partial charge < -0.3 is 24.6 Å². The third-order valence-electron chi connectivity index (χ3n) is 3.97. The topological polar surface area (TPSA) is 121 Å². The lowest BCUT2D eigenvalue weighted by Gasteiger charge is -2.27. The van der Waals surface area contributed by atoms with Crippen molar-refractivity contribution in [3.05, 3.63) is 35.0 Å². The van der Waals surface area contributed by atoms with Crippen molar-refractivity contribution >= 4 is 11.9 Å². The van der Waals surface area contributed by atoms with Crippen LogP contribution in [0.1, 0.15) is 18.5 Å². The molecule has 0 aliphatic carbocycles. The Kier molecular flexibility index (Phi) is 5.03. The van der Waals surface area contributed by atoms with Crippen LogP contribution in [0.25, 0.3) is 0 Å². The van der Waals surface area contributed by atoms with Crippen LogP contribution in [0.5, 0.6) is 11.5 Å². The Bertz CT molecular complexity index is 847. The second kappa shape index (κ2) is 7.40. The summed E-state index contributed by atoms with van der Waals surface area (Å²) in [5.74, 6) is 0.158. The zero-order valence-electron chi connectivity index (χ0n) is 14.6. The molecule has 2 aromatic rings. The maximum atomic E-state index is 12.7. The number of rotatable bonds is 6. The lowest BCUT2D eigenvalue weighted by atomic mass is 9.95. The first-order valence-corrected chi connectivity index (χ1v) is 7.85. The van der Waals surface area contributed by atoms with Crippen molar-refractivity contribution in [2.75, 3.05) is 32.8 Å². The van der Waals surface area contributed by atoms with Crippen molar-refractivity contribution in [1.82, 2.24) is 20.2 Å². The van der Waals surface area contributed by atoms with Gasteiger partial charge in [-0.2, -0.15) is 4.68 Å². The number of aromatic hydroxyl groups is 1. The quantitative estimate of drug-likeness (QED) is 0.570. The van der Waals surface area contributed by atoms with Crippen LogP contribution < -0.4 is 10.1 Å². The Balaban J connectivity index is 2.04. The summed E-state index contributed by atoms with van der Waals surface area (Å²) in [6, 6.07) is 4.16. The highest BCUT2D eigenvalue weighted by Gasteiger charge is 2.35. The summed E-state index contributed by atoms with van der Waals surface area (Å²) in [6.07, 6.45) is 0. The number of methoxy groups -OCH3 is 2. The van der Waals surface area contributed by atoms with Crippen LogP contribution in [-0.2, 0) is 14.3 Å². The molecule has 0 saturated heterocycles. The standard InChI is InChI=1S/C16H19N5O5/c1-9-13(15(23)26-7-6-24-2)14(21-16(17-9)18-19-20-21)10-4-5-11(22)12(8-10)25-3/h4-5,8,14,22H,6-7H2,1-3H3,(H,17,18,20)/t14-/m1/s1. The van der Waals surface area contributed by atoms with Gasteiger partial charge >= 0.3 is 5.97 Å². The van der Waals surface area contributed by atoms with Crippen LogP contribution in [0.3, 0.4) is 0 Å². The number of carbonyl (C=O) groups is 1. The fraction of sp³-hybridized carbons (Fsp3) is 0.375. The van der Waals surface area contributed by atoms with Gasteiger partial charge in [-0.15, -0.1) is 0 Å². The van der Waals surface area contributed by atoms with E-state index in [9.17, 15) is 9.90 Å². The fourth-order valence-corrected chi connectivity index (χ4v) is 2.74. The fourth-order valence-electron chi connectivity index (χ4n) is 2.74. The summed E-state index contributed by atoms with van der Waals surface area (Å²) < 4.78 is 16.9. The molecule has 1 aromatic carbocycles. The molecular weight excluding hydrogens is 342 g/mol. The third kappa shape index (κ3) is 3.18. The Hall–Kier alpha value is -3.14. The molecule has 1 aliphatic heterocycles. The predicted octanol–water partition coefficient (Wildman–Crippen LogP) is 0.866. The van der Waals surface area contributed by atoms with Crippen molar-refractivity contribution < 1.29 is 24.1 Å². The minimum absolute atomic E-state index is 0.00736. The predicted molar refractivity (Wildman–Crippen MR) is 89.8 cm³/mol. The van der Waals surface area contributed by atoms with E-state index in [4.69, 9.17) is 14.2 Å². The van der Waals surface area contributed by atoms with Crippen molar-refractivity contribution in [3.63, 3.8) is 0 Å². The van der Waals surface area contributed by atoms with Crippen LogP contribution in [0.15, 0.2) is 29.5 Å². The van der Waals surface area contributed by atoms with Crippen LogP contribution in [-0.4, -0.2) is 58.7 Å². The number of phenolic OH excluding ortho intramolecular Hbond substituents is 1. The summed E-state index contributed by atoms with van der Waals surface area (Å²) in [4.78, 5) is 12.7. The number of hydrogen-bond donors (Lipinski definition) is 2. The SMILES string of the molecule is COCCOC(=O)C1=C(C)Nc2nnnn2[C@@H]1c1ccc(O)c(OC)c1. The van der Waals surface area contributed by atoms with Gasteiger partial charge in [0.2, 0.25) is 5.95 Å². The number of aromatic nitrogens is 4. The van der Waals surface area contributed by atoms with Gasteiger partial charge in [0.05, 0.1) is 19.3 Å². The number of nitrogens with one attached hydrogen (secondary N) is 1. The smallest absolute Gasteiger partial charge is 0.338 e. The summed E-state index contributed by atoms with van der Waals surface area (Å²) in [5, 5.41) is 24.4. The number of anilines is 1. The highest BCUT2D eigenvalue weighted by molar-refractivity contribution is 5.92. The van der Waals surface area contributed by atoms with Crippen LogP contribution in [0.4, 0.5) is 5.95 Å². The van der Waals surface area contributed by atoms with E-state index >= 15 is 0 Å². The van der Waals surface area contributed by atoms with E-state index < -0.39 is 12.0 Å². The molecule has 26 heavy (non-hydrogen) atoms. The van der Waals surface area contributed by atoms with Gasteiger partial charge in [0.1, 0.15) is 12.6 Å². The Morgan fingerprint density at radius 2 is 2.15 bits per heavy atom. The minimum atomic E-state index is -0.634. The number of allylic oxidation sites excluding steroid dienone is 1. The van der Waals surface area contributed by atoms with Gasteiger partial charge in [-0.25, -0.2) is 4.79 Å². The summed E-state index contributed by atoms with van der Waals surface area (Å²) in [7, 11) is 2.98. The molecule has 0 amide bonds. The van der Waals surface area contributed by atoms with Crippen LogP contribution >= 0.6 is 0 Å². The molecule has 0 unspecified atom stereocenters.